The second-order valence-electron chi connectivity index (χ2n) is 6.76. The van der Waals surface area contributed by atoms with Gasteiger partial charge in [-0.1, -0.05) is 12.8 Å². The van der Waals surface area contributed by atoms with Gasteiger partial charge in [-0.2, -0.15) is 5.10 Å². The fraction of sp³-hybridized carbons (Fsp3) is 0.647. The third kappa shape index (κ3) is 2.42. The Morgan fingerprint density at radius 1 is 1.33 bits per heavy atom. The number of ether oxygens (including phenoxy) is 1. The minimum atomic E-state index is -0.201. The minimum Gasteiger partial charge on any atom is -0.466 e. The fourth-order valence-corrected chi connectivity index (χ4v) is 3.90. The van der Waals surface area contributed by atoms with Crippen molar-refractivity contribution < 1.29 is 9.53 Å². The number of carbonyl (C=O) groups excluding carboxylic acids is 1. The van der Waals surface area contributed by atoms with Crippen LogP contribution in [0.3, 0.4) is 0 Å². The van der Waals surface area contributed by atoms with E-state index in [0.717, 1.165) is 25.7 Å². The van der Waals surface area contributed by atoms with E-state index in [1.807, 2.05) is 4.68 Å². The van der Waals surface area contributed by atoms with Crippen LogP contribution in [0.4, 0.5) is 0 Å². The number of aromatic amines is 1. The Morgan fingerprint density at radius 3 is 2.79 bits per heavy atom. The van der Waals surface area contributed by atoms with Gasteiger partial charge < -0.3 is 9.72 Å². The van der Waals surface area contributed by atoms with Gasteiger partial charge in [0.25, 0.3) is 5.56 Å². The molecular formula is C17H22N4O3. The summed E-state index contributed by atoms with van der Waals surface area (Å²) < 4.78 is 7.03. The average Bonchev–Trinajstić information content (AvgIpc) is 3.14. The number of esters is 1. The zero-order chi connectivity index (χ0) is 16.7. The largest absolute Gasteiger partial charge is 0.466 e. The summed E-state index contributed by atoms with van der Waals surface area (Å²) in [6, 6.07) is 0.326. The highest BCUT2D eigenvalue weighted by Gasteiger charge is 2.40. The van der Waals surface area contributed by atoms with Crippen LogP contribution in [0.2, 0.25) is 0 Å². The van der Waals surface area contributed by atoms with Crippen molar-refractivity contribution in [2.24, 2.45) is 5.92 Å². The number of aromatic nitrogens is 4. The predicted molar refractivity (Wildman–Crippen MR) is 87.8 cm³/mol. The summed E-state index contributed by atoms with van der Waals surface area (Å²) in [5, 5.41) is 4.93. The molecule has 0 spiro atoms. The molecule has 2 fully saturated rings. The number of H-pyrrole nitrogens is 1. The van der Waals surface area contributed by atoms with Gasteiger partial charge in [0.05, 0.1) is 24.8 Å². The molecule has 128 valence electrons. The first kappa shape index (κ1) is 15.4. The smallest absolute Gasteiger partial charge is 0.309 e. The van der Waals surface area contributed by atoms with Crippen LogP contribution in [0.5, 0.6) is 0 Å². The van der Waals surface area contributed by atoms with Crippen molar-refractivity contribution in [2.75, 3.05) is 6.61 Å². The Morgan fingerprint density at radius 2 is 2.12 bits per heavy atom. The lowest BCUT2D eigenvalue weighted by Gasteiger charge is -2.33. The quantitative estimate of drug-likeness (QED) is 0.869. The standard InChI is InChI=1S/C17H22N4O3/c1-2-24-17(23)12-8-7-11(12)14-19-15-13(16(22)20-14)9-18-21(15)10-5-3-4-6-10/h9-12H,2-8H2,1H3,(H,19,20,22)/t11-,12-/m0/s1. The highest BCUT2D eigenvalue weighted by molar-refractivity contribution is 5.76. The molecule has 0 radical (unpaired) electrons. The zero-order valence-corrected chi connectivity index (χ0v) is 13.8. The molecule has 0 bridgehead atoms. The molecule has 0 unspecified atom stereocenters. The molecule has 2 aliphatic rings. The average molecular weight is 330 g/mol. The molecule has 2 saturated carbocycles. The molecule has 24 heavy (non-hydrogen) atoms. The van der Waals surface area contributed by atoms with E-state index in [9.17, 15) is 9.59 Å². The third-order valence-electron chi connectivity index (χ3n) is 5.37. The summed E-state index contributed by atoms with van der Waals surface area (Å²) in [4.78, 5) is 32.0. The molecule has 2 aromatic rings. The van der Waals surface area contributed by atoms with E-state index >= 15 is 0 Å². The highest BCUT2D eigenvalue weighted by atomic mass is 16.5. The molecule has 2 atom stereocenters. The SMILES string of the molecule is CCOC(=O)[C@H]1CC[C@@H]1c1nc2c(cnn2C2CCCC2)c(=O)[nH]1. The van der Waals surface area contributed by atoms with Crippen LogP contribution in [0.25, 0.3) is 11.0 Å². The number of carbonyl (C=O) groups is 1. The molecule has 7 heteroatoms. The monoisotopic (exact) mass is 330 g/mol. The number of nitrogens with zero attached hydrogens (tertiary/aromatic N) is 3. The van der Waals surface area contributed by atoms with E-state index in [1.54, 1.807) is 13.1 Å². The molecular weight excluding hydrogens is 308 g/mol. The summed E-state index contributed by atoms with van der Waals surface area (Å²) in [5.41, 5.74) is 0.476. The van der Waals surface area contributed by atoms with E-state index in [-0.39, 0.29) is 23.4 Å². The maximum Gasteiger partial charge on any atom is 0.309 e. The van der Waals surface area contributed by atoms with Gasteiger partial charge >= 0.3 is 5.97 Å². The maximum atomic E-state index is 12.4. The van der Waals surface area contributed by atoms with Gasteiger partial charge in [-0.05, 0) is 32.6 Å². The van der Waals surface area contributed by atoms with E-state index in [1.165, 1.54) is 12.8 Å². The summed E-state index contributed by atoms with van der Waals surface area (Å²) in [6.45, 7) is 2.18. The Hall–Kier alpha value is -2.18. The van der Waals surface area contributed by atoms with Crippen molar-refractivity contribution in [3.8, 4) is 0 Å². The van der Waals surface area contributed by atoms with Crippen LogP contribution in [0.15, 0.2) is 11.0 Å². The number of hydrogen-bond donors (Lipinski definition) is 1. The van der Waals surface area contributed by atoms with Crippen LogP contribution < -0.4 is 5.56 Å². The predicted octanol–water partition coefficient (Wildman–Crippen LogP) is 2.29. The first-order valence-corrected chi connectivity index (χ1v) is 8.83. The van der Waals surface area contributed by atoms with Crippen molar-refractivity contribution in [1.29, 1.82) is 0 Å². The third-order valence-corrected chi connectivity index (χ3v) is 5.37. The second kappa shape index (κ2) is 6.03. The molecule has 0 amide bonds. The first-order chi connectivity index (χ1) is 11.7. The van der Waals surface area contributed by atoms with E-state index in [2.05, 4.69) is 10.1 Å². The fourth-order valence-electron chi connectivity index (χ4n) is 3.90. The molecule has 2 heterocycles. The van der Waals surface area contributed by atoms with Crippen LogP contribution in [-0.2, 0) is 9.53 Å². The lowest BCUT2D eigenvalue weighted by Crippen LogP contribution is -2.34. The molecule has 0 saturated heterocycles. The van der Waals surface area contributed by atoms with Crippen LogP contribution in [0.1, 0.15) is 63.2 Å². The van der Waals surface area contributed by atoms with Crippen molar-refractivity contribution in [3.05, 3.63) is 22.4 Å². The molecule has 0 aliphatic heterocycles. The minimum absolute atomic E-state index is 0.0620. The highest BCUT2D eigenvalue weighted by Crippen LogP contribution is 2.42. The van der Waals surface area contributed by atoms with Gasteiger partial charge in [-0.15, -0.1) is 0 Å². The molecule has 7 nitrogen and oxygen atoms in total. The Balaban J connectivity index is 1.70. The normalized spacial score (nSPS) is 24.2. The van der Waals surface area contributed by atoms with Crippen molar-refractivity contribution in [2.45, 2.75) is 57.4 Å². The topological polar surface area (TPSA) is 89.9 Å². The maximum absolute atomic E-state index is 12.4. The summed E-state index contributed by atoms with van der Waals surface area (Å²) in [5.74, 6) is 0.138. The zero-order valence-electron chi connectivity index (χ0n) is 13.8. The Labute approximate surface area is 139 Å². The van der Waals surface area contributed by atoms with Crippen LogP contribution in [0, 0.1) is 5.92 Å². The van der Waals surface area contributed by atoms with Crippen molar-refractivity contribution >= 4 is 17.0 Å². The van der Waals surface area contributed by atoms with Gasteiger partial charge in [0.15, 0.2) is 5.65 Å². The van der Waals surface area contributed by atoms with E-state index in [4.69, 9.17) is 9.72 Å². The lowest BCUT2D eigenvalue weighted by molar-refractivity contribution is -0.152. The number of nitrogens with one attached hydrogen (secondary N) is 1. The van der Waals surface area contributed by atoms with Crippen molar-refractivity contribution in [1.82, 2.24) is 19.7 Å². The molecule has 4 rings (SSSR count). The van der Waals surface area contributed by atoms with Gasteiger partial charge in [-0.3, -0.25) is 9.59 Å². The van der Waals surface area contributed by atoms with Gasteiger partial charge in [0, 0.05) is 5.92 Å². The van der Waals surface area contributed by atoms with Crippen LogP contribution >= 0.6 is 0 Å². The summed E-state index contributed by atoms with van der Waals surface area (Å²) >= 11 is 0. The lowest BCUT2D eigenvalue weighted by atomic mass is 9.73. The second-order valence-corrected chi connectivity index (χ2v) is 6.76. The Bertz CT molecular complexity index is 819. The van der Waals surface area contributed by atoms with Gasteiger partial charge in [0.1, 0.15) is 11.2 Å². The van der Waals surface area contributed by atoms with Crippen molar-refractivity contribution in [3.63, 3.8) is 0 Å². The number of fused-ring (bicyclic) bond motifs is 1. The van der Waals surface area contributed by atoms with E-state index < -0.39 is 0 Å². The molecule has 1 N–H and O–H groups in total. The number of rotatable bonds is 4. The molecule has 0 aromatic carbocycles. The van der Waals surface area contributed by atoms with Gasteiger partial charge in [0.2, 0.25) is 0 Å². The molecule has 2 aliphatic carbocycles. The molecule has 2 aromatic heterocycles. The van der Waals surface area contributed by atoms with E-state index in [0.29, 0.717) is 29.5 Å². The summed E-state index contributed by atoms with van der Waals surface area (Å²) in [7, 11) is 0. The van der Waals surface area contributed by atoms with Crippen LogP contribution in [-0.4, -0.2) is 32.3 Å². The first-order valence-electron chi connectivity index (χ1n) is 8.83. The summed E-state index contributed by atoms with van der Waals surface area (Å²) in [6.07, 6.45) is 7.77. The Kier molecular flexibility index (Phi) is 3.86. The van der Waals surface area contributed by atoms with Gasteiger partial charge in [-0.25, -0.2) is 9.67 Å². The number of hydrogen-bond acceptors (Lipinski definition) is 5.